The molecule has 8 nitrogen and oxygen atoms in total. The van der Waals surface area contributed by atoms with E-state index in [1.165, 1.54) is 0 Å². The summed E-state index contributed by atoms with van der Waals surface area (Å²) in [5, 5.41) is 8.81. The van der Waals surface area contributed by atoms with E-state index in [0.29, 0.717) is 18.8 Å². The van der Waals surface area contributed by atoms with Gasteiger partial charge in [0.15, 0.2) is 11.3 Å². The van der Waals surface area contributed by atoms with Gasteiger partial charge in [-0.1, -0.05) is 13.3 Å². The monoisotopic (exact) mass is 400 g/mol. The van der Waals surface area contributed by atoms with Crippen molar-refractivity contribution >= 4 is 33.0 Å². The van der Waals surface area contributed by atoms with Gasteiger partial charge in [-0.05, 0) is 50.5 Å². The average Bonchev–Trinajstić information content (AvgIpc) is 3.09. The molecule has 0 aromatic carbocycles. The molecule has 0 aliphatic heterocycles. The van der Waals surface area contributed by atoms with Crippen molar-refractivity contribution in [1.29, 1.82) is 0 Å². The van der Waals surface area contributed by atoms with Crippen molar-refractivity contribution in [2.45, 2.75) is 56.6 Å². The van der Waals surface area contributed by atoms with Gasteiger partial charge in [0.2, 0.25) is 0 Å². The minimum Gasteiger partial charge on any atom is -0.345 e. The van der Waals surface area contributed by atoms with Crippen LogP contribution in [0.3, 0.4) is 0 Å². The zero-order valence-corrected chi connectivity index (χ0v) is 16.9. The molecule has 2 fully saturated rings. The molecule has 28 heavy (non-hydrogen) atoms. The molecule has 0 amide bonds. The van der Waals surface area contributed by atoms with E-state index >= 15 is 0 Å². The molecule has 0 bridgehead atoms. The maximum Gasteiger partial charge on any atom is 0.258 e. The van der Waals surface area contributed by atoms with Crippen molar-refractivity contribution in [2.75, 3.05) is 0 Å². The van der Waals surface area contributed by atoms with Gasteiger partial charge < -0.3 is 4.98 Å². The zero-order valence-electron chi connectivity index (χ0n) is 16.0. The Labute approximate surface area is 163 Å². The van der Waals surface area contributed by atoms with E-state index in [1.54, 1.807) is 19.3 Å². The number of hydrogen-bond donors (Lipinski definition) is 1. The minimum absolute atomic E-state index is 0.142. The first-order valence-corrected chi connectivity index (χ1v) is 11.3. The minimum atomic E-state index is -3.40. The molecule has 2 aliphatic rings. The summed E-state index contributed by atoms with van der Waals surface area (Å²) in [4.78, 5) is 7.52. The number of nitrogens with zero attached hydrogens (tertiary/aromatic N) is 5. The molecule has 1 N–H and O–H groups in total. The molecule has 5 rings (SSSR count). The zero-order chi connectivity index (χ0) is 19.5. The topological polar surface area (TPSA) is 105 Å². The second-order valence-electron chi connectivity index (χ2n) is 8.41. The maximum atomic E-state index is 12.4. The molecule has 3 atom stereocenters. The fraction of sp³-hybridized carbons (Fsp3) is 0.579. The predicted octanol–water partition coefficient (Wildman–Crippen LogP) is 3.08. The molecule has 148 valence electrons. The Morgan fingerprint density at radius 2 is 2.18 bits per heavy atom. The highest BCUT2D eigenvalue weighted by Crippen LogP contribution is 2.46. The van der Waals surface area contributed by atoms with Crippen LogP contribution in [0.1, 0.15) is 57.7 Å². The van der Waals surface area contributed by atoms with E-state index in [0.717, 1.165) is 41.9 Å². The van der Waals surface area contributed by atoms with E-state index < -0.39 is 14.8 Å². The van der Waals surface area contributed by atoms with E-state index in [4.69, 9.17) is 0 Å². The lowest BCUT2D eigenvalue weighted by Gasteiger charge is -2.16. The molecule has 0 saturated heterocycles. The first-order valence-electron chi connectivity index (χ1n) is 9.89. The normalized spacial score (nSPS) is 27.3. The fourth-order valence-corrected chi connectivity index (χ4v) is 5.63. The van der Waals surface area contributed by atoms with Crippen molar-refractivity contribution in [3.63, 3.8) is 0 Å². The molecule has 3 aromatic rings. The third-order valence-corrected chi connectivity index (χ3v) is 8.59. The number of H-pyrrole nitrogens is 1. The van der Waals surface area contributed by atoms with Crippen molar-refractivity contribution in [2.24, 2.45) is 16.2 Å². The number of aromatic amines is 1. The van der Waals surface area contributed by atoms with Crippen LogP contribution in [0.25, 0.3) is 16.8 Å². The molecule has 3 heterocycles. The summed E-state index contributed by atoms with van der Waals surface area (Å²) < 4.78 is 30.3. The van der Waals surface area contributed by atoms with Gasteiger partial charge in [-0.25, -0.2) is 13.4 Å². The summed E-state index contributed by atoms with van der Waals surface area (Å²) in [7, 11) is -3.40. The van der Waals surface area contributed by atoms with Gasteiger partial charge in [0.05, 0.1) is 16.5 Å². The third kappa shape index (κ3) is 2.67. The van der Waals surface area contributed by atoms with Gasteiger partial charge in [0.25, 0.3) is 10.0 Å². The standard InChI is InChI=1S/C19H24N6O2S/c1-3-13-8-12(10-22-28(26,27)19(2)5-6-19)9-14(13)18-24-23-16-11-21-17-15(25(16)18)4-7-20-17/h4,7,10-14,20H,3,5-6,8-9H2,1-2H3/b22-10-/t12?,13-,14+/m1/s1. The molecule has 9 heteroatoms. The van der Waals surface area contributed by atoms with Crippen LogP contribution in [0, 0.1) is 11.8 Å². The van der Waals surface area contributed by atoms with Gasteiger partial charge in [-0.2, -0.15) is 4.40 Å². The number of rotatable bonds is 5. The van der Waals surface area contributed by atoms with Crippen LogP contribution in [0.2, 0.25) is 0 Å². The second kappa shape index (κ2) is 6.10. The second-order valence-corrected chi connectivity index (χ2v) is 10.6. The van der Waals surface area contributed by atoms with Crippen molar-refractivity contribution < 1.29 is 8.42 Å². The lowest BCUT2D eigenvalue weighted by atomic mass is 9.93. The van der Waals surface area contributed by atoms with Crippen LogP contribution in [-0.2, 0) is 10.0 Å². The van der Waals surface area contributed by atoms with Crippen LogP contribution in [-0.4, -0.2) is 43.9 Å². The average molecular weight is 401 g/mol. The Morgan fingerprint density at radius 3 is 2.93 bits per heavy atom. The third-order valence-electron chi connectivity index (χ3n) is 6.54. The summed E-state index contributed by atoms with van der Waals surface area (Å²) in [6, 6.07) is 1.99. The van der Waals surface area contributed by atoms with Crippen LogP contribution >= 0.6 is 0 Å². The molecular formula is C19H24N6O2S. The van der Waals surface area contributed by atoms with Crippen molar-refractivity contribution in [1.82, 2.24) is 24.6 Å². The van der Waals surface area contributed by atoms with E-state index in [9.17, 15) is 8.42 Å². The molecule has 3 aromatic heterocycles. The van der Waals surface area contributed by atoms with Crippen molar-refractivity contribution in [3.8, 4) is 0 Å². The van der Waals surface area contributed by atoms with Crippen molar-refractivity contribution in [3.05, 3.63) is 24.3 Å². The summed E-state index contributed by atoms with van der Waals surface area (Å²) in [5.41, 5.74) is 2.51. The molecule has 2 saturated carbocycles. The first-order chi connectivity index (χ1) is 13.4. The van der Waals surface area contributed by atoms with Gasteiger partial charge in [-0.3, -0.25) is 4.40 Å². The fourth-order valence-electron chi connectivity index (χ4n) is 4.42. The number of nitrogens with one attached hydrogen (secondary N) is 1. The molecule has 0 radical (unpaired) electrons. The quantitative estimate of drug-likeness (QED) is 0.663. The first kappa shape index (κ1) is 17.8. The van der Waals surface area contributed by atoms with Crippen LogP contribution in [0.4, 0.5) is 0 Å². The van der Waals surface area contributed by atoms with E-state index in [2.05, 4.69) is 35.9 Å². The SMILES string of the molecule is CC[C@@H]1CC(/C=N\S(=O)(=O)C2(C)CC2)C[C@@H]1c1nnc2cnc3[nH]ccc3n12. The summed E-state index contributed by atoms with van der Waals surface area (Å²) in [6.45, 7) is 3.96. The van der Waals surface area contributed by atoms with Gasteiger partial charge >= 0.3 is 0 Å². The smallest absolute Gasteiger partial charge is 0.258 e. The Kier molecular flexibility index (Phi) is 3.88. The maximum absolute atomic E-state index is 12.4. The number of sulfonamides is 1. The van der Waals surface area contributed by atoms with Gasteiger partial charge in [-0.15, -0.1) is 10.2 Å². The highest BCUT2D eigenvalue weighted by molar-refractivity contribution is 7.91. The highest BCUT2D eigenvalue weighted by atomic mass is 32.2. The lowest BCUT2D eigenvalue weighted by molar-refractivity contribution is 0.450. The van der Waals surface area contributed by atoms with E-state index in [1.807, 2.05) is 12.3 Å². The number of fused-ring (bicyclic) bond motifs is 3. The lowest BCUT2D eigenvalue weighted by Crippen LogP contribution is -2.17. The Morgan fingerprint density at radius 1 is 1.36 bits per heavy atom. The largest absolute Gasteiger partial charge is 0.345 e. The number of aromatic nitrogens is 5. The molecule has 1 unspecified atom stereocenters. The number of hydrogen-bond acceptors (Lipinski definition) is 5. The summed E-state index contributed by atoms with van der Waals surface area (Å²) >= 11 is 0. The highest BCUT2D eigenvalue weighted by Gasteiger charge is 2.50. The molecule has 2 aliphatic carbocycles. The van der Waals surface area contributed by atoms with Crippen LogP contribution in [0.5, 0.6) is 0 Å². The molecule has 0 spiro atoms. The van der Waals surface area contributed by atoms with Gasteiger partial charge in [0.1, 0.15) is 5.82 Å². The Hall–Kier alpha value is -2.29. The van der Waals surface area contributed by atoms with Crippen LogP contribution in [0.15, 0.2) is 22.9 Å². The van der Waals surface area contributed by atoms with Crippen LogP contribution < -0.4 is 0 Å². The molecular weight excluding hydrogens is 376 g/mol. The Bertz CT molecular complexity index is 1170. The summed E-state index contributed by atoms with van der Waals surface area (Å²) in [5.74, 6) is 1.71. The van der Waals surface area contributed by atoms with Gasteiger partial charge in [0, 0.05) is 18.3 Å². The summed E-state index contributed by atoms with van der Waals surface area (Å²) in [6.07, 6.45) is 9.47. The Balaban J connectivity index is 1.47. The predicted molar refractivity (Wildman–Crippen MR) is 107 cm³/mol. The van der Waals surface area contributed by atoms with E-state index in [-0.39, 0.29) is 11.8 Å².